The summed E-state index contributed by atoms with van der Waals surface area (Å²) in [5.74, 6) is 0. The number of allylic oxidation sites excluding steroid dienone is 1. The second-order valence-corrected chi connectivity index (χ2v) is 3.55. The zero-order chi connectivity index (χ0) is 11.3. The Morgan fingerprint density at radius 1 is 1.29 bits per heavy atom. The number of rotatable bonds is 1. The number of halogens is 1. The van der Waals surface area contributed by atoms with Crippen molar-refractivity contribution in [1.29, 1.82) is 0 Å². The van der Waals surface area contributed by atoms with E-state index in [1.807, 2.05) is 26.0 Å². The van der Waals surface area contributed by atoms with E-state index in [4.69, 9.17) is 11.6 Å². The largest absolute Gasteiger partial charge is 0.124 e. The van der Waals surface area contributed by atoms with Crippen LogP contribution in [0.2, 0.25) is 5.02 Å². The highest BCUT2D eigenvalue weighted by atomic mass is 35.5. The summed E-state index contributed by atoms with van der Waals surface area (Å²) in [4.78, 5) is 0. The van der Waals surface area contributed by atoms with Crippen molar-refractivity contribution < 1.29 is 0 Å². The van der Waals surface area contributed by atoms with E-state index in [1.54, 1.807) is 0 Å². The van der Waals surface area contributed by atoms with Gasteiger partial charge in [0.2, 0.25) is 0 Å². The molecule has 0 aromatic heterocycles. The molecule has 0 heterocycles. The standard InChI is InChI=1S/C11H13Cl.C2H2/c1-7(2)11-8(3)5-6-10(12)9(11)4;1-2/h5-6H,1H2,2-4H3;1-2H. The lowest BCUT2D eigenvalue weighted by atomic mass is 9.98. The maximum absolute atomic E-state index is 5.99. The zero-order valence-electron chi connectivity index (χ0n) is 8.89. The third-order valence-corrected chi connectivity index (χ3v) is 2.44. The first-order valence-corrected chi connectivity index (χ1v) is 4.66. The summed E-state index contributed by atoms with van der Waals surface area (Å²) < 4.78 is 0. The highest BCUT2D eigenvalue weighted by Crippen LogP contribution is 2.26. The van der Waals surface area contributed by atoms with E-state index in [0.29, 0.717) is 0 Å². The summed E-state index contributed by atoms with van der Waals surface area (Å²) in [5.41, 5.74) is 4.64. The molecule has 74 valence electrons. The molecule has 0 aliphatic heterocycles. The number of benzene rings is 1. The van der Waals surface area contributed by atoms with Gasteiger partial charge in [0.25, 0.3) is 0 Å². The molecular formula is C13H15Cl. The molecule has 0 atom stereocenters. The van der Waals surface area contributed by atoms with Gasteiger partial charge < -0.3 is 0 Å². The fraction of sp³-hybridized carbons (Fsp3) is 0.231. The molecule has 0 saturated heterocycles. The van der Waals surface area contributed by atoms with Crippen LogP contribution < -0.4 is 0 Å². The van der Waals surface area contributed by atoms with E-state index in [0.717, 1.165) is 16.2 Å². The summed E-state index contributed by atoms with van der Waals surface area (Å²) in [6, 6.07) is 3.96. The Balaban J connectivity index is 0.000000791. The Hall–Kier alpha value is -1.19. The van der Waals surface area contributed by atoms with Crippen LogP contribution in [0.5, 0.6) is 0 Å². The predicted octanol–water partition coefficient (Wildman–Crippen LogP) is 4.24. The van der Waals surface area contributed by atoms with Crippen molar-refractivity contribution in [3.63, 3.8) is 0 Å². The van der Waals surface area contributed by atoms with Crippen molar-refractivity contribution in [1.82, 2.24) is 0 Å². The molecule has 0 N–H and O–H groups in total. The summed E-state index contributed by atoms with van der Waals surface area (Å²) in [6.45, 7) is 10.0. The van der Waals surface area contributed by atoms with Gasteiger partial charge in [-0.25, -0.2) is 0 Å². The van der Waals surface area contributed by atoms with Gasteiger partial charge in [0.15, 0.2) is 0 Å². The molecule has 0 amide bonds. The Morgan fingerprint density at radius 3 is 2.14 bits per heavy atom. The lowest BCUT2D eigenvalue weighted by Crippen LogP contribution is -1.90. The third-order valence-electron chi connectivity index (χ3n) is 2.03. The van der Waals surface area contributed by atoms with Gasteiger partial charge >= 0.3 is 0 Å². The van der Waals surface area contributed by atoms with Gasteiger partial charge in [0.1, 0.15) is 0 Å². The molecular weight excluding hydrogens is 192 g/mol. The maximum Gasteiger partial charge on any atom is 0.0441 e. The average Bonchev–Trinajstić information content (AvgIpc) is 2.15. The fourth-order valence-corrected chi connectivity index (χ4v) is 1.64. The molecule has 0 saturated carbocycles. The lowest BCUT2D eigenvalue weighted by Gasteiger charge is -2.10. The Labute approximate surface area is 91.6 Å². The molecule has 0 radical (unpaired) electrons. The molecule has 0 spiro atoms. The van der Waals surface area contributed by atoms with Gasteiger partial charge in [-0.2, -0.15) is 0 Å². The first-order chi connectivity index (χ1) is 6.54. The van der Waals surface area contributed by atoms with E-state index in [-0.39, 0.29) is 0 Å². The van der Waals surface area contributed by atoms with Crippen LogP contribution in [0.4, 0.5) is 0 Å². The summed E-state index contributed by atoms with van der Waals surface area (Å²) in [7, 11) is 0. The normalized spacial score (nSPS) is 8.71. The number of hydrogen-bond acceptors (Lipinski definition) is 0. The summed E-state index contributed by atoms with van der Waals surface area (Å²) in [6.07, 6.45) is 8.00. The highest BCUT2D eigenvalue weighted by molar-refractivity contribution is 6.31. The van der Waals surface area contributed by atoms with Crippen molar-refractivity contribution in [2.75, 3.05) is 0 Å². The first kappa shape index (κ1) is 12.8. The number of terminal acetylenes is 1. The van der Waals surface area contributed by atoms with Crippen molar-refractivity contribution in [2.45, 2.75) is 20.8 Å². The molecule has 1 aromatic rings. The van der Waals surface area contributed by atoms with Crippen LogP contribution in [0.1, 0.15) is 23.6 Å². The van der Waals surface area contributed by atoms with E-state index >= 15 is 0 Å². The molecule has 0 aliphatic rings. The molecule has 0 aliphatic carbocycles. The number of hydrogen-bond donors (Lipinski definition) is 0. The van der Waals surface area contributed by atoms with Gasteiger partial charge in [-0.3, -0.25) is 0 Å². The molecule has 1 rings (SSSR count). The van der Waals surface area contributed by atoms with E-state index in [1.165, 1.54) is 11.1 Å². The minimum absolute atomic E-state index is 0.818. The molecule has 14 heavy (non-hydrogen) atoms. The molecule has 1 aromatic carbocycles. The van der Waals surface area contributed by atoms with Crippen LogP contribution in [-0.4, -0.2) is 0 Å². The predicted molar refractivity (Wildman–Crippen MR) is 65.5 cm³/mol. The van der Waals surface area contributed by atoms with Crippen LogP contribution in [0, 0.1) is 26.7 Å². The fourth-order valence-electron chi connectivity index (χ4n) is 1.48. The van der Waals surface area contributed by atoms with Gasteiger partial charge in [0.05, 0.1) is 0 Å². The lowest BCUT2D eigenvalue weighted by molar-refractivity contribution is 1.33. The maximum atomic E-state index is 5.99. The minimum Gasteiger partial charge on any atom is -0.124 e. The Morgan fingerprint density at radius 2 is 1.79 bits per heavy atom. The van der Waals surface area contributed by atoms with E-state index in [2.05, 4.69) is 26.3 Å². The average molecular weight is 207 g/mol. The topological polar surface area (TPSA) is 0 Å². The second kappa shape index (κ2) is 5.52. The second-order valence-electron chi connectivity index (χ2n) is 3.14. The monoisotopic (exact) mass is 206 g/mol. The minimum atomic E-state index is 0.818. The summed E-state index contributed by atoms with van der Waals surface area (Å²) >= 11 is 5.99. The van der Waals surface area contributed by atoms with E-state index in [9.17, 15) is 0 Å². The molecule has 1 heteroatoms. The van der Waals surface area contributed by atoms with Crippen LogP contribution >= 0.6 is 11.6 Å². The highest BCUT2D eigenvalue weighted by Gasteiger charge is 2.05. The van der Waals surface area contributed by atoms with Gasteiger partial charge in [-0.05, 0) is 43.5 Å². The molecule has 0 unspecified atom stereocenters. The smallest absolute Gasteiger partial charge is 0.0441 e. The van der Waals surface area contributed by atoms with Crippen LogP contribution in [0.15, 0.2) is 18.7 Å². The van der Waals surface area contributed by atoms with Crippen molar-refractivity contribution in [3.8, 4) is 12.8 Å². The third kappa shape index (κ3) is 2.65. The molecule has 0 nitrogen and oxygen atoms in total. The Kier molecular flexibility index (Phi) is 5.05. The first-order valence-electron chi connectivity index (χ1n) is 4.29. The molecule has 0 fully saturated rings. The van der Waals surface area contributed by atoms with Crippen molar-refractivity contribution >= 4 is 17.2 Å². The van der Waals surface area contributed by atoms with Crippen LogP contribution in [0.3, 0.4) is 0 Å². The SMILES string of the molecule is C#C.C=C(C)c1c(C)ccc(Cl)c1C. The number of aryl methyl sites for hydroxylation is 1. The van der Waals surface area contributed by atoms with Crippen molar-refractivity contribution in [3.05, 3.63) is 40.4 Å². The van der Waals surface area contributed by atoms with E-state index < -0.39 is 0 Å². The van der Waals surface area contributed by atoms with Gasteiger partial charge in [0, 0.05) is 5.02 Å². The quantitative estimate of drug-likeness (QED) is 0.603. The Bertz CT molecular complexity index is 359. The zero-order valence-corrected chi connectivity index (χ0v) is 9.65. The van der Waals surface area contributed by atoms with Crippen molar-refractivity contribution in [2.24, 2.45) is 0 Å². The molecule has 0 bridgehead atoms. The van der Waals surface area contributed by atoms with Gasteiger partial charge in [-0.1, -0.05) is 29.8 Å². The van der Waals surface area contributed by atoms with Crippen LogP contribution in [0.25, 0.3) is 5.57 Å². The summed E-state index contributed by atoms with van der Waals surface area (Å²) in [5, 5.41) is 0.818. The van der Waals surface area contributed by atoms with Crippen LogP contribution in [-0.2, 0) is 0 Å². The van der Waals surface area contributed by atoms with Gasteiger partial charge in [-0.15, -0.1) is 12.8 Å².